The first-order valence-electron chi connectivity index (χ1n) is 9.95. The Morgan fingerprint density at radius 3 is 2.14 bits per heavy atom. The number of nitrogens with one attached hydrogen (secondary N) is 3. The summed E-state index contributed by atoms with van der Waals surface area (Å²) in [6.45, 7) is 4.31. The third-order valence-electron chi connectivity index (χ3n) is 4.90. The van der Waals surface area contributed by atoms with Gasteiger partial charge in [0.05, 0.1) is 24.3 Å². The molecule has 1 aliphatic heterocycles. The minimum absolute atomic E-state index is 0.0831. The maximum Gasteiger partial charge on any atom is 0.337 e. The predicted octanol–water partition coefficient (Wildman–Crippen LogP) is 3.27. The minimum Gasteiger partial charge on any atom is -0.463 e. The number of ether oxygens (including phenoxy) is 1. The number of carbonyl (C=O) groups excluding carboxylic acids is 2. The standard InChI is InChI=1S/C23H27N3O3/c1-3-18-20(22(27)29-4-2)19(26-23(28)25-18)15-24-21(16-11-7-5-8-12-16)17-13-9-6-10-14-17/h5-14,18,21,24H,3-4,15H2,1-2H3,(H2,25,26,28). The highest BCUT2D eigenvalue weighted by Crippen LogP contribution is 2.23. The molecule has 29 heavy (non-hydrogen) atoms. The summed E-state index contributed by atoms with van der Waals surface area (Å²) in [6.07, 6.45) is 0.603. The van der Waals surface area contributed by atoms with E-state index in [1.807, 2.05) is 43.3 Å². The number of esters is 1. The first kappa shape index (κ1) is 20.6. The maximum atomic E-state index is 12.6. The molecule has 0 radical (unpaired) electrons. The summed E-state index contributed by atoms with van der Waals surface area (Å²) in [5.41, 5.74) is 3.23. The van der Waals surface area contributed by atoms with Crippen molar-refractivity contribution in [2.75, 3.05) is 13.2 Å². The van der Waals surface area contributed by atoms with Gasteiger partial charge in [0.25, 0.3) is 0 Å². The topological polar surface area (TPSA) is 79.5 Å². The van der Waals surface area contributed by atoms with E-state index >= 15 is 0 Å². The SMILES string of the molecule is CCOC(=O)C1=C(CNC(c2ccccc2)c2ccccc2)NC(=O)NC1CC. The Bertz CT molecular complexity index is 826. The number of urea groups is 1. The van der Waals surface area contributed by atoms with Crippen LogP contribution in [0.25, 0.3) is 0 Å². The van der Waals surface area contributed by atoms with E-state index in [1.165, 1.54) is 0 Å². The van der Waals surface area contributed by atoms with Crippen LogP contribution in [0.3, 0.4) is 0 Å². The van der Waals surface area contributed by atoms with E-state index in [-0.39, 0.29) is 24.7 Å². The summed E-state index contributed by atoms with van der Waals surface area (Å²) in [7, 11) is 0. The normalized spacial score (nSPS) is 16.4. The molecule has 2 aromatic rings. The lowest BCUT2D eigenvalue weighted by Crippen LogP contribution is -2.52. The molecule has 0 fully saturated rings. The lowest BCUT2D eigenvalue weighted by Gasteiger charge is -2.29. The van der Waals surface area contributed by atoms with Gasteiger partial charge in [-0.3, -0.25) is 0 Å². The fourth-order valence-electron chi connectivity index (χ4n) is 3.52. The highest BCUT2D eigenvalue weighted by atomic mass is 16.5. The van der Waals surface area contributed by atoms with Crippen molar-refractivity contribution in [3.05, 3.63) is 83.1 Å². The average molecular weight is 393 g/mol. The number of amides is 2. The Balaban J connectivity index is 1.91. The molecule has 3 N–H and O–H groups in total. The molecule has 1 aliphatic rings. The Labute approximate surface area is 171 Å². The molecule has 152 valence electrons. The Kier molecular flexibility index (Phi) is 7.03. The molecule has 0 saturated heterocycles. The molecule has 0 aliphatic carbocycles. The van der Waals surface area contributed by atoms with Gasteiger partial charge in [0.1, 0.15) is 0 Å². The van der Waals surface area contributed by atoms with Crippen molar-refractivity contribution in [3.8, 4) is 0 Å². The third-order valence-corrected chi connectivity index (χ3v) is 4.90. The van der Waals surface area contributed by atoms with Gasteiger partial charge in [-0.25, -0.2) is 9.59 Å². The molecule has 0 saturated carbocycles. The van der Waals surface area contributed by atoms with Crippen LogP contribution >= 0.6 is 0 Å². The number of hydrogen-bond acceptors (Lipinski definition) is 4. The van der Waals surface area contributed by atoms with Crippen molar-refractivity contribution in [3.63, 3.8) is 0 Å². The highest BCUT2D eigenvalue weighted by molar-refractivity contribution is 5.94. The van der Waals surface area contributed by atoms with E-state index in [4.69, 9.17) is 4.74 Å². The van der Waals surface area contributed by atoms with Crippen LogP contribution in [0.1, 0.15) is 37.4 Å². The van der Waals surface area contributed by atoms with E-state index in [1.54, 1.807) is 6.92 Å². The van der Waals surface area contributed by atoms with Gasteiger partial charge in [0.15, 0.2) is 0 Å². The van der Waals surface area contributed by atoms with E-state index in [2.05, 4.69) is 40.2 Å². The van der Waals surface area contributed by atoms with Crippen LogP contribution in [0, 0.1) is 0 Å². The van der Waals surface area contributed by atoms with Gasteiger partial charge >= 0.3 is 12.0 Å². The first-order valence-corrected chi connectivity index (χ1v) is 9.95. The Morgan fingerprint density at radius 1 is 1.03 bits per heavy atom. The van der Waals surface area contributed by atoms with Crippen molar-refractivity contribution in [1.82, 2.24) is 16.0 Å². The number of carbonyl (C=O) groups is 2. The molecule has 6 nitrogen and oxygen atoms in total. The van der Waals surface area contributed by atoms with Crippen LogP contribution in [0.2, 0.25) is 0 Å². The number of benzene rings is 2. The van der Waals surface area contributed by atoms with Gasteiger partial charge in [0.2, 0.25) is 0 Å². The molecular formula is C23H27N3O3. The zero-order valence-corrected chi connectivity index (χ0v) is 16.8. The molecule has 0 aromatic heterocycles. The molecule has 0 spiro atoms. The maximum absolute atomic E-state index is 12.6. The van der Waals surface area contributed by atoms with Crippen molar-refractivity contribution in [1.29, 1.82) is 0 Å². The van der Waals surface area contributed by atoms with Crippen LogP contribution in [-0.4, -0.2) is 31.2 Å². The largest absolute Gasteiger partial charge is 0.463 e. The Morgan fingerprint density at radius 2 is 1.62 bits per heavy atom. The minimum atomic E-state index is -0.403. The zero-order chi connectivity index (χ0) is 20.6. The molecule has 2 amide bonds. The monoisotopic (exact) mass is 393 g/mol. The first-order chi connectivity index (χ1) is 14.1. The molecule has 2 aromatic carbocycles. The molecule has 1 unspecified atom stereocenters. The predicted molar refractivity (Wildman–Crippen MR) is 112 cm³/mol. The summed E-state index contributed by atoms with van der Waals surface area (Å²) in [6, 6.07) is 19.4. The average Bonchev–Trinajstić information content (AvgIpc) is 2.75. The van der Waals surface area contributed by atoms with Crippen molar-refractivity contribution in [2.45, 2.75) is 32.4 Å². The smallest absolute Gasteiger partial charge is 0.337 e. The lowest BCUT2D eigenvalue weighted by molar-refractivity contribution is -0.139. The van der Waals surface area contributed by atoms with Gasteiger partial charge in [0, 0.05) is 12.2 Å². The second kappa shape index (κ2) is 9.89. The van der Waals surface area contributed by atoms with Crippen molar-refractivity contribution in [2.24, 2.45) is 0 Å². The molecule has 1 atom stereocenters. The van der Waals surface area contributed by atoms with Gasteiger partial charge < -0.3 is 20.7 Å². The van der Waals surface area contributed by atoms with Crippen LogP contribution in [0.15, 0.2) is 71.9 Å². The fourth-order valence-corrected chi connectivity index (χ4v) is 3.52. The van der Waals surface area contributed by atoms with Gasteiger partial charge in [-0.2, -0.15) is 0 Å². The van der Waals surface area contributed by atoms with E-state index in [0.29, 0.717) is 24.2 Å². The third kappa shape index (κ3) is 5.03. The second-order valence-corrected chi connectivity index (χ2v) is 6.81. The molecular weight excluding hydrogens is 366 g/mol. The van der Waals surface area contributed by atoms with E-state index in [0.717, 1.165) is 11.1 Å². The summed E-state index contributed by atoms with van der Waals surface area (Å²) < 4.78 is 5.24. The second-order valence-electron chi connectivity index (χ2n) is 6.81. The molecule has 6 heteroatoms. The van der Waals surface area contributed by atoms with Crippen LogP contribution < -0.4 is 16.0 Å². The fraction of sp³-hybridized carbons (Fsp3) is 0.304. The molecule has 0 bridgehead atoms. The molecule has 3 rings (SSSR count). The quantitative estimate of drug-likeness (QED) is 0.602. The lowest BCUT2D eigenvalue weighted by atomic mass is 9.97. The summed E-state index contributed by atoms with van der Waals surface area (Å²) in [4.78, 5) is 24.7. The number of rotatable bonds is 8. The van der Waals surface area contributed by atoms with Gasteiger partial charge in [-0.1, -0.05) is 67.6 Å². The number of hydrogen-bond donors (Lipinski definition) is 3. The summed E-state index contributed by atoms with van der Waals surface area (Å²) in [5.74, 6) is -0.403. The van der Waals surface area contributed by atoms with Crippen LogP contribution in [-0.2, 0) is 9.53 Å². The summed E-state index contributed by atoms with van der Waals surface area (Å²) in [5, 5.41) is 9.10. The Hall–Kier alpha value is -3.12. The van der Waals surface area contributed by atoms with Crippen molar-refractivity contribution >= 4 is 12.0 Å². The van der Waals surface area contributed by atoms with E-state index < -0.39 is 5.97 Å². The zero-order valence-electron chi connectivity index (χ0n) is 16.8. The molecule has 1 heterocycles. The van der Waals surface area contributed by atoms with Crippen LogP contribution in [0.4, 0.5) is 4.79 Å². The van der Waals surface area contributed by atoms with E-state index in [9.17, 15) is 9.59 Å². The highest BCUT2D eigenvalue weighted by Gasteiger charge is 2.31. The van der Waals surface area contributed by atoms with Crippen molar-refractivity contribution < 1.29 is 14.3 Å². The van der Waals surface area contributed by atoms with Crippen LogP contribution in [0.5, 0.6) is 0 Å². The van der Waals surface area contributed by atoms with Gasteiger partial charge in [-0.15, -0.1) is 0 Å². The summed E-state index contributed by atoms with van der Waals surface area (Å²) >= 11 is 0. The van der Waals surface area contributed by atoms with Gasteiger partial charge in [-0.05, 0) is 24.5 Å².